The number of rotatable bonds is 7. The summed E-state index contributed by atoms with van der Waals surface area (Å²) in [5, 5.41) is 2.89. The van der Waals surface area contributed by atoms with Gasteiger partial charge in [0.15, 0.2) is 17.5 Å². The summed E-state index contributed by atoms with van der Waals surface area (Å²) in [6.45, 7) is 8.83. The van der Waals surface area contributed by atoms with Crippen LogP contribution in [0.5, 0.6) is 11.5 Å². The van der Waals surface area contributed by atoms with Crippen LogP contribution < -0.4 is 24.6 Å². The lowest BCUT2D eigenvalue weighted by Crippen LogP contribution is -3.29. The van der Waals surface area contributed by atoms with E-state index >= 15 is 0 Å². The zero-order valence-electron chi connectivity index (χ0n) is 18.2. The van der Waals surface area contributed by atoms with Crippen molar-refractivity contribution in [2.45, 2.75) is 26.4 Å². The molecule has 1 amide bonds. The van der Waals surface area contributed by atoms with Gasteiger partial charge in [-0.1, -0.05) is 0 Å². The van der Waals surface area contributed by atoms with E-state index in [1.165, 1.54) is 33.1 Å². The molecule has 1 saturated heterocycles. The average Bonchev–Trinajstić information content (AvgIpc) is 2.76. The molecule has 1 aliphatic heterocycles. The predicted octanol–water partition coefficient (Wildman–Crippen LogP) is 0.462. The van der Waals surface area contributed by atoms with Crippen LogP contribution in [0.1, 0.15) is 18.1 Å². The van der Waals surface area contributed by atoms with Crippen molar-refractivity contribution in [3.05, 3.63) is 53.3 Å². The van der Waals surface area contributed by atoms with Crippen LogP contribution in [0, 0.1) is 12.7 Å². The van der Waals surface area contributed by atoms with Crippen LogP contribution in [0.3, 0.4) is 0 Å². The number of carbonyl (C=O) groups is 1. The van der Waals surface area contributed by atoms with Crippen LogP contribution in [0.25, 0.3) is 0 Å². The summed E-state index contributed by atoms with van der Waals surface area (Å²) in [7, 11) is 3.31. The van der Waals surface area contributed by atoms with E-state index in [0.29, 0.717) is 5.69 Å². The number of halogens is 1. The first kappa shape index (κ1) is 22.1. The minimum Gasteiger partial charge on any atom is -0.493 e. The Balaban J connectivity index is 1.54. The molecule has 0 unspecified atom stereocenters. The Morgan fingerprint density at radius 3 is 2.27 bits per heavy atom. The molecule has 162 valence electrons. The fourth-order valence-corrected chi connectivity index (χ4v) is 3.99. The Morgan fingerprint density at radius 2 is 1.67 bits per heavy atom. The first-order valence-corrected chi connectivity index (χ1v) is 10.4. The number of anilines is 1. The molecule has 3 rings (SSSR count). The summed E-state index contributed by atoms with van der Waals surface area (Å²) in [6, 6.07) is 9.82. The van der Waals surface area contributed by atoms with E-state index in [0.717, 1.165) is 44.2 Å². The summed E-state index contributed by atoms with van der Waals surface area (Å²) in [4.78, 5) is 15.4. The molecule has 1 aliphatic rings. The zero-order valence-corrected chi connectivity index (χ0v) is 18.2. The molecule has 1 atom stereocenters. The summed E-state index contributed by atoms with van der Waals surface area (Å²) < 4.78 is 23.9. The van der Waals surface area contributed by atoms with E-state index in [9.17, 15) is 9.18 Å². The highest BCUT2D eigenvalue weighted by atomic mass is 19.1. The van der Waals surface area contributed by atoms with Gasteiger partial charge in [-0.2, -0.15) is 0 Å². The number of benzene rings is 2. The van der Waals surface area contributed by atoms with E-state index in [2.05, 4.69) is 18.3 Å². The Hall–Kier alpha value is -2.64. The maximum atomic E-state index is 13.0. The number of quaternary nitrogens is 2. The van der Waals surface area contributed by atoms with E-state index in [4.69, 9.17) is 9.47 Å². The predicted molar refractivity (Wildman–Crippen MR) is 114 cm³/mol. The largest absolute Gasteiger partial charge is 0.493 e. The van der Waals surface area contributed by atoms with Crippen LogP contribution in [0.4, 0.5) is 10.1 Å². The van der Waals surface area contributed by atoms with Crippen molar-refractivity contribution < 1.29 is 28.5 Å². The third-order valence-corrected chi connectivity index (χ3v) is 6.00. The molecule has 3 N–H and O–H groups in total. The molecule has 0 spiro atoms. The van der Waals surface area contributed by atoms with Crippen LogP contribution in [0.15, 0.2) is 36.4 Å². The lowest BCUT2D eigenvalue weighted by Gasteiger charge is -2.33. The van der Waals surface area contributed by atoms with Gasteiger partial charge in [0.2, 0.25) is 0 Å². The number of carbonyl (C=O) groups excluding carboxylic acids is 1. The molecular weight excluding hydrogens is 385 g/mol. The second kappa shape index (κ2) is 9.91. The van der Waals surface area contributed by atoms with Crippen molar-refractivity contribution in [1.29, 1.82) is 0 Å². The summed E-state index contributed by atoms with van der Waals surface area (Å²) in [5.41, 5.74) is 3.08. The SMILES string of the molecule is COc1cc(C)c(C[NH+]2CC[NH+]([C@@H](C)C(=O)Nc3ccc(F)cc3)CC2)cc1OC. The van der Waals surface area contributed by atoms with Crippen LogP contribution in [0.2, 0.25) is 0 Å². The molecule has 0 saturated carbocycles. The zero-order chi connectivity index (χ0) is 21.7. The van der Waals surface area contributed by atoms with Gasteiger partial charge in [-0.05, 0) is 55.8 Å². The van der Waals surface area contributed by atoms with E-state index in [1.54, 1.807) is 26.4 Å². The first-order valence-electron chi connectivity index (χ1n) is 10.4. The van der Waals surface area contributed by atoms with Gasteiger partial charge < -0.3 is 24.6 Å². The van der Waals surface area contributed by atoms with Gasteiger partial charge in [0.05, 0.1) is 14.2 Å². The van der Waals surface area contributed by atoms with Gasteiger partial charge in [0.1, 0.15) is 38.5 Å². The van der Waals surface area contributed by atoms with Crippen LogP contribution in [-0.4, -0.2) is 52.3 Å². The lowest BCUT2D eigenvalue weighted by atomic mass is 10.1. The van der Waals surface area contributed by atoms with Gasteiger partial charge in [-0.3, -0.25) is 4.79 Å². The van der Waals surface area contributed by atoms with Crippen molar-refractivity contribution >= 4 is 11.6 Å². The highest BCUT2D eigenvalue weighted by Gasteiger charge is 2.31. The minimum atomic E-state index is -0.310. The average molecular weight is 418 g/mol. The molecule has 0 aliphatic carbocycles. The second-order valence-electron chi connectivity index (χ2n) is 7.94. The van der Waals surface area contributed by atoms with Crippen LogP contribution in [-0.2, 0) is 11.3 Å². The Kier molecular flexibility index (Phi) is 7.29. The van der Waals surface area contributed by atoms with Gasteiger partial charge >= 0.3 is 0 Å². The molecule has 1 heterocycles. The quantitative estimate of drug-likeness (QED) is 0.614. The van der Waals surface area contributed by atoms with Gasteiger partial charge in [-0.15, -0.1) is 0 Å². The molecule has 0 aromatic heterocycles. The number of amides is 1. The number of hydrogen-bond donors (Lipinski definition) is 3. The molecule has 0 radical (unpaired) electrons. The minimum absolute atomic E-state index is 0.0317. The van der Waals surface area contributed by atoms with Crippen molar-refractivity contribution in [1.82, 2.24) is 0 Å². The number of piperazine rings is 1. The maximum Gasteiger partial charge on any atom is 0.282 e. The van der Waals surface area contributed by atoms with Crippen molar-refractivity contribution in [2.24, 2.45) is 0 Å². The molecule has 0 bridgehead atoms. The van der Waals surface area contributed by atoms with Gasteiger partial charge in [0.25, 0.3) is 5.91 Å². The highest BCUT2D eigenvalue weighted by Crippen LogP contribution is 2.29. The fraction of sp³-hybridized carbons (Fsp3) is 0.435. The van der Waals surface area contributed by atoms with Crippen LogP contribution >= 0.6 is 0 Å². The molecular formula is C23H32FN3O3+2. The van der Waals surface area contributed by atoms with E-state index in [1.807, 2.05) is 13.0 Å². The normalized spacial score (nSPS) is 19.8. The Labute approximate surface area is 177 Å². The molecule has 2 aromatic carbocycles. The van der Waals surface area contributed by atoms with E-state index in [-0.39, 0.29) is 17.8 Å². The van der Waals surface area contributed by atoms with E-state index < -0.39 is 0 Å². The number of nitrogens with one attached hydrogen (secondary N) is 3. The van der Waals surface area contributed by atoms with Gasteiger partial charge in [0, 0.05) is 11.3 Å². The fourth-order valence-electron chi connectivity index (χ4n) is 3.99. The highest BCUT2D eigenvalue weighted by molar-refractivity contribution is 5.93. The summed E-state index contributed by atoms with van der Waals surface area (Å²) in [5.74, 6) is 1.17. The van der Waals surface area contributed by atoms with Gasteiger partial charge in [-0.25, -0.2) is 4.39 Å². The molecule has 1 fully saturated rings. The number of aryl methyl sites for hydroxylation is 1. The standard InChI is InChI=1S/C23H30FN3O3/c1-16-13-21(29-3)22(30-4)14-18(16)15-26-9-11-27(12-10-26)17(2)23(28)25-20-7-5-19(24)6-8-20/h5-8,13-14,17H,9-12,15H2,1-4H3,(H,25,28)/p+2/t17-/m0/s1. The third kappa shape index (κ3) is 5.29. The number of hydrogen-bond acceptors (Lipinski definition) is 3. The molecule has 2 aromatic rings. The monoisotopic (exact) mass is 417 g/mol. The molecule has 7 heteroatoms. The number of ether oxygens (including phenoxy) is 2. The first-order chi connectivity index (χ1) is 14.4. The topological polar surface area (TPSA) is 56.4 Å². The summed E-state index contributed by atoms with van der Waals surface area (Å²) in [6.07, 6.45) is 0. The van der Waals surface area contributed by atoms with Crippen molar-refractivity contribution in [3.63, 3.8) is 0 Å². The van der Waals surface area contributed by atoms with Crippen molar-refractivity contribution in [3.8, 4) is 11.5 Å². The Morgan fingerprint density at radius 1 is 1.07 bits per heavy atom. The molecule has 30 heavy (non-hydrogen) atoms. The smallest absolute Gasteiger partial charge is 0.282 e. The maximum absolute atomic E-state index is 13.0. The third-order valence-electron chi connectivity index (χ3n) is 6.00. The summed E-state index contributed by atoms with van der Waals surface area (Å²) >= 11 is 0. The van der Waals surface area contributed by atoms with Crippen molar-refractivity contribution in [2.75, 3.05) is 45.7 Å². The second-order valence-corrected chi connectivity index (χ2v) is 7.94. The Bertz CT molecular complexity index is 865. The molecule has 6 nitrogen and oxygen atoms in total. The lowest BCUT2D eigenvalue weighted by molar-refractivity contribution is -1.02. The number of methoxy groups -OCH3 is 2.